The Balaban J connectivity index is 0.000000104. The monoisotopic (exact) mass is 2030 g/mol. The molecule has 4 atom stereocenters. The summed E-state index contributed by atoms with van der Waals surface area (Å²) in [5, 5.41) is 8.28. The first-order valence-corrected chi connectivity index (χ1v) is 50.7. The zero-order chi connectivity index (χ0) is 101. The van der Waals surface area contributed by atoms with Gasteiger partial charge in [-0.15, -0.1) is 0 Å². The van der Waals surface area contributed by atoms with Crippen LogP contribution in [0, 0.1) is 39.3 Å². The molecule has 38 heteroatoms. The lowest BCUT2D eigenvalue weighted by molar-refractivity contribution is 0.231. The highest BCUT2D eigenvalue weighted by molar-refractivity contribution is 6.34. The summed E-state index contributed by atoms with van der Waals surface area (Å²) in [6.45, 7) is 27.8. The van der Waals surface area contributed by atoms with Crippen LogP contribution in [0.1, 0.15) is 74.4 Å². The molecule has 2 N–H and O–H groups in total. The minimum absolute atomic E-state index is 0.0978. The molecule has 0 unspecified atom stereocenters. The summed E-state index contributed by atoms with van der Waals surface area (Å²) >= 11 is 19.2. The van der Waals surface area contributed by atoms with Crippen LogP contribution in [0.5, 0.6) is 5.75 Å². The number of likely N-dealkylation sites (N-methyl/N-ethyl adjacent to an activating group) is 1. The third-order valence-electron chi connectivity index (χ3n) is 28.8. The Morgan fingerprint density at radius 1 is 0.361 bits per heavy atom. The van der Waals surface area contributed by atoms with Gasteiger partial charge >= 0.3 is 0 Å². The number of pyridine rings is 9. The Morgan fingerprint density at radius 3 is 1.15 bits per heavy atom. The number of benzene rings is 1. The van der Waals surface area contributed by atoms with E-state index in [-0.39, 0.29) is 39.2 Å². The number of nitrogens with zero attached hydrogens (tertiary/aromatic N) is 25. The van der Waals surface area contributed by atoms with Crippen molar-refractivity contribution < 1.29 is 13.5 Å². The van der Waals surface area contributed by atoms with Crippen molar-refractivity contribution in [3.8, 4) is 61.9 Å². The van der Waals surface area contributed by atoms with Crippen LogP contribution in [0.25, 0.3) is 113 Å². The van der Waals surface area contributed by atoms with E-state index in [9.17, 15) is 32.8 Å². The van der Waals surface area contributed by atoms with Gasteiger partial charge in [0, 0.05) is 242 Å². The third kappa shape index (κ3) is 20.0. The van der Waals surface area contributed by atoms with Crippen LogP contribution < -0.4 is 62.8 Å². The van der Waals surface area contributed by atoms with Crippen LogP contribution in [0.2, 0.25) is 15.1 Å². The number of imidazole rings is 4. The molecule has 6 fully saturated rings. The van der Waals surface area contributed by atoms with E-state index >= 15 is 0 Å². The van der Waals surface area contributed by atoms with E-state index in [0.717, 1.165) is 177 Å². The number of hydrogen-bond acceptors (Lipinski definition) is 24. The fourth-order valence-corrected chi connectivity index (χ4v) is 21.8. The predicted molar refractivity (Wildman–Crippen MR) is 573 cm³/mol. The molecule has 18 aromatic heterocycles. The Labute approximate surface area is 857 Å². The number of aryl methyl sites for hydroxylation is 4. The summed E-state index contributed by atoms with van der Waals surface area (Å²) < 4.78 is 48.6. The van der Waals surface area contributed by atoms with Gasteiger partial charge in [0.05, 0.1) is 96.2 Å². The van der Waals surface area contributed by atoms with Gasteiger partial charge in [-0.3, -0.25) is 55.8 Å². The van der Waals surface area contributed by atoms with Crippen molar-refractivity contribution >= 4 is 114 Å². The predicted octanol–water partition coefficient (Wildman–Crippen LogP) is 14.8. The Bertz CT molecular complexity index is 8560. The van der Waals surface area contributed by atoms with Gasteiger partial charge in [-0.1, -0.05) is 46.9 Å². The van der Waals surface area contributed by atoms with Gasteiger partial charge in [0.1, 0.15) is 28.2 Å². The van der Waals surface area contributed by atoms with E-state index in [1.807, 2.05) is 157 Å². The van der Waals surface area contributed by atoms with Gasteiger partial charge in [0.2, 0.25) is 0 Å². The number of piperazine rings is 4. The zero-order valence-corrected chi connectivity index (χ0v) is 84.7. The first-order chi connectivity index (χ1) is 71.1. The smallest absolute Gasteiger partial charge is 0.258 e. The normalized spacial score (nSPS) is 17.8. The molecule has 33 nitrogen and oxygen atoms in total. The van der Waals surface area contributed by atoms with Crippen LogP contribution in [0.15, 0.2) is 244 Å². The summed E-state index contributed by atoms with van der Waals surface area (Å²) in [6.07, 6.45) is 32.2. The van der Waals surface area contributed by atoms with Gasteiger partial charge in [-0.25, -0.2) is 53.6 Å². The van der Waals surface area contributed by atoms with Gasteiger partial charge in [-0.05, 0) is 214 Å². The highest BCUT2D eigenvalue weighted by Crippen LogP contribution is 2.35. The zero-order valence-electron chi connectivity index (χ0n) is 82.5. The maximum atomic E-state index is 14.5. The molecule has 7 aliphatic rings. The van der Waals surface area contributed by atoms with Crippen molar-refractivity contribution in [2.75, 3.05) is 138 Å². The van der Waals surface area contributed by atoms with Crippen molar-refractivity contribution in [1.82, 2.24) is 110 Å². The summed E-state index contributed by atoms with van der Waals surface area (Å²) in [7, 11) is 3.55. The van der Waals surface area contributed by atoms with E-state index in [1.165, 1.54) is 68.5 Å². The number of aromatic nitrogens is 18. The lowest BCUT2D eigenvalue weighted by Crippen LogP contribution is -2.50. The SMILES string of the molecule is COc1ccc(-c2ccc3nc(C4=CCNCC4)cc(=O)n3c2)cc1F.Cc1cn2cc(-c3cc(=O)n4cc(N5CCN(C)[C@@H](C)C5)ccc4n3)cc(F)c2n1.Cc1cn2cc(-c3cc(=O)n4cc(N5CCN6CCC[C@@H]6C5)ccc4n3)cc(Cl)c2n1.Cc1cn2cc(-c3cc(=O)n4cc(N5CCN6CCC[C@H]6C5)ccc4n3)cc(Cl)c2n1.Cc1cn2cc(-c3cc(=O)n4cc(N5CCN[C@@H](C)C5)ccc4n3)cc(Cl)c2n1. The van der Waals surface area contributed by atoms with Crippen LogP contribution in [0.4, 0.5) is 31.5 Å². The van der Waals surface area contributed by atoms with Gasteiger partial charge in [0.25, 0.3) is 27.8 Å². The molecule has 19 aromatic rings. The number of methoxy groups -OCH3 is 1. The van der Waals surface area contributed by atoms with Crippen LogP contribution in [-0.2, 0) is 0 Å². The first-order valence-electron chi connectivity index (χ1n) is 49.6. The molecule has 26 rings (SSSR count). The number of rotatable bonds is 11. The average Bonchev–Trinajstić information content (AvgIpc) is 1.74. The first kappa shape index (κ1) is 96.8. The van der Waals surface area contributed by atoms with Crippen molar-refractivity contribution in [2.45, 2.75) is 97.8 Å². The second-order valence-electron chi connectivity index (χ2n) is 38.9. The second kappa shape index (κ2) is 40.5. The molecule has 0 bridgehead atoms. The standard InChI is InChI=1S/2C23H23ClN6O.C22H23FN6O.C21H21ClN6O.C20H18FN3O2/c2*1-15-11-29-12-16(9-19(24)23(29)25-15)20-10-22(31)30-14-18(4-5-21(30)26-20)28-8-7-27-6-2-3-17(27)13-28;1-14-10-28-12-16(8-18(23)22(28)24-14)19-9-21(30)29-13-17(4-5-20(29)25-19)27-7-6-26(3)15(2)11-27;1-13-9-26(6-5-23-13)16-3-4-19-25-18(8-20(29)28(19)12-16)15-7-17(22)21-24-14(2)10-27(21)11-15;1-26-18-4-2-14(10-16(18)21)15-3-5-19-23-17(11-20(25)24(19)12-15)13-6-8-22-9-7-13/h2*4-5,9-12,14,17H,2-3,6-8,13H2,1H3;4-5,8-10,12-13,15H,6-7,11H2,1-3H3;3-4,7-8,10-13,23H,5-6,9H2,1-2H3;2-6,10-12,22H,7-9H2,1H3/t2*17-;15-;13-;/m1000./s1. The topological polar surface area (TPSA) is 297 Å². The molecule has 0 spiro atoms. The van der Waals surface area contributed by atoms with Crippen molar-refractivity contribution in [3.63, 3.8) is 0 Å². The van der Waals surface area contributed by atoms with Crippen molar-refractivity contribution in [1.29, 1.82) is 0 Å². The van der Waals surface area contributed by atoms with Crippen LogP contribution >= 0.6 is 34.8 Å². The van der Waals surface area contributed by atoms with E-state index in [4.69, 9.17) is 54.5 Å². The molecule has 0 saturated carbocycles. The van der Waals surface area contributed by atoms with Gasteiger partial charge in [0.15, 0.2) is 40.0 Å². The fraction of sp³-hybridized carbons (Fsp3) is 0.303. The summed E-state index contributed by atoms with van der Waals surface area (Å²) in [5.41, 5.74) is 20.6. The Hall–Kier alpha value is -15.0. The minimum Gasteiger partial charge on any atom is -0.494 e. The van der Waals surface area contributed by atoms with Gasteiger partial charge < -0.3 is 57.5 Å². The van der Waals surface area contributed by atoms with E-state index in [1.54, 1.807) is 89.1 Å². The molecule has 750 valence electrons. The molecule has 25 heterocycles. The van der Waals surface area contributed by atoms with Crippen molar-refractivity contribution in [3.05, 3.63) is 327 Å². The molecular formula is C109H108Cl3F2N27O6. The van der Waals surface area contributed by atoms with Gasteiger partial charge in [-0.2, -0.15) is 0 Å². The number of fused-ring (bicyclic) bond motifs is 11. The third-order valence-corrected chi connectivity index (χ3v) is 29.6. The molecule has 1 aromatic carbocycles. The summed E-state index contributed by atoms with van der Waals surface area (Å²) in [6, 6.07) is 40.8. The number of ether oxygens (including phenoxy) is 1. The number of halogens is 5. The van der Waals surface area contributed by atoms with Crippen LogP contribution in [0.3, 0.4) is 0 Å². The van der Waals surface area contributed by atoms with E-state index in [2.05, 4.69) is 114 Å². The number of hydrogen-bond donors (Lipinski definition) is 2. The lowest BCUT2D eigenvalue weighted by atomic mass is 10.1. The minimum atomic E-state index is -0.442. The number of nitrogens with one attached hydrogen (secondary N) is 2. The fourth-order valence-electron chi connectivity index (χ4n) is 21.0. The summed E-state index contributed by atoms with van der Waals surface area (Å²) in [4.78, 5) is 122. The molecule has 0 aliphatic carbocycles. The molecule has 0 radical (unpaired) electrons. The number of anilines is 4. The molecule has 6 saturated heterocycles. The van der Waals surface area contributed by atoms with Crippen LogP contribution in [-0.4, -0.2) is 242 Å². The van der Waals surface area contributed by atoms with E-state index < -0.39 is 11.6 Å². The van der Waals surface area contributed by atoms with E-state index in [0.29, 0.717) is 118 Å². The second-order valence-corrected chi connectivity index (χ2v) is 40.2. The lowest BCUT2D eigenvalue weighted by Gasteiger charge is -2.39. The highest BCUT2D eigenvalue weighted by Gasteiger charge is 2.34. The molecule has 7 aliphatic heterocycles. The Morgan fingerprint density at radius 2 is 0.735 bits per heavy atom. The quantitative estimate of drug-likeness (QED) is 0.122. The Kier molecular flexibility index (Phi) is 26.6. The maximum Gasteiger partial charge on any atom is 0.258 e. The largest absolute Gasteiger partial charge is 0.494 e. The molecule has 0 amide bonds. The molecule has 147 heavy (non-hydrogen) atoms. The van der Waals surface area contributed by atoms with Crippen molar-refractivity contribution in [2.24, 2.45) is 0 Å². The maximum absolute atomic E-state index is 14.5. The highest BCUT2D eigenvalue weighted by atomic mass is 35.5. The average molecular weight is 2040 g/mol. The summed E-state index contributed by atoms with van der Waals surface area (Å²) in [5.74, 6) is -0.695. The molecular weight excluding hydrogens is 1930 g/mol.